The third-order valence-electron chi connectivity index (χ3n) is 3.92. The van der Waals surface area contributed by atoms with Crippen LogP contribution in [-0.4, -0.2) is 29.8 Å². The molecule has 0 heterocycles. The molecule has 0 bridgehead atoms. The fourth-order valence-corrected chi connectivity index (χ4v) is 2.28. The summed E-state index contributed by atoms with van der Waals surface area (Å²) in [6.07, 6.45) is 0. The van der Waals surface area contributed by atoms with Gasteiger partial charge in [0, 0.05) is 36.3 Å². The number of carbonyl (C=O) groups excluding carboxylic acids is 2. The van der Waals surface area contributed by atoms with Crippen LogP contribution in [0.2, 0.25) is 0 Å². The molecule has 3 N–H and O–H groups in total. The van der Waals surface area contributed by atoms with E-state index in [4.69, 9.17) is 0 Å². The van der Waals surface area contributed by atoms with Gasteiger partial charge in [-0.2, -0.15) is 0 Å². The van der Waals surface area contributed by atoms with Crippen molar-refractivity contribution in [3.63, 3.8) is 0 Å². The molecule has 28 heavy (non-hydrogen) atoms. The lowest BCUT2D eigenvalue weighted by Gasteiger charge is -2.19. The van der Waals surface area contributed by atoms with Crippen LogP contribution in [0.4, 0.5) is 17.1 Å². The summed E-state index contributed by atoms with van der Waals surface area (Å²) in [4.78, 5) is 34.8. The number of non-ortho nitro benzene ring substituents is 1. The number of para-hydroxylation sites is 1. The molecule has 0 saturated heterocycles. The van der Waals surface area contributed by atoms with Gasteiger partial charge in [-0.3, -0.25) is 19.7 Å². The van der Waals surface area contributed by atoms with Crippen molar-refractivity contribution in [3.05, 3.63) is 64.2 Å². The van der Waals surface area contributed by atoms with Gasteiger partial charge in [0.2, 0.25) is 5.91 Å². The number of nitrogens with zero attached hydrogens (tertiary/aromatic N) is 1. The normalized spacial score (nSPS) is 10.8. The van der Waals surface area contributed by atoms with E-state index >= 15 is 0 Å². The highest BCUT2D eigenvalue weighted by Gasteiger charge is 2.22. The molecular formula is C20H24N4O4. The first-order valence-electron chi connectivity index (χ1n) is 8.85. The lowest BCUT2D eigenvalue weighted by Crippen LogP contribution is -2.31. The number of nitrogens with one attached hydrogen (secondary N) is 3. The van der Waals surface area contributed by atoms with Gasteiger partial charge in [0.25, 0.3) is 11.6 Å². The third kappa shape index (κ3) is 5.80. The van der Waals surface area contributed by atoms with Crippen molar-refractivity contribution in [2.75, 3.05) is 23.7 Å². The molecule has 0 aliphatic heterocycles. The van der Waals surface area contributed by atoms with Crippen molar-refractivity contribution >= 4 is 28.9 Å². The van der Waals surface area contributed by atoms with Crippen molar-refractivity contribution in [1.29, 1.82) is 0 Å². The molecule has 0 aromatic heterocycles. The van der Waals surface area contributed by atoms with E-state index in [1.807, 2.05) is 0 Å². The Bertz CT molecular complexity index is 857. The van der Waals surface area contributed by atoms with E-state index in [9.17, 15) is 19.7 Å². The van der Waals surface area contributed by atoms with Gasteiger partial charge in [0.15, 0.2) is 0 Å². The van der Waals surface area contributed by atoms with Gasteiger partial charge in [-0.1, -0.05) is 32.9 Å². The summed E-state index contributed by atoms with van der Waals surface area (Å²) in [5.41, 5.74) is 1.02. The van der Waals surface area contributed by atoms with Crippen molar-refractivity contribution in [2.24, 2.45) is 5.41 Å². The van der Waals surface area contributed by atoms with Crippen LogP contribution in [-0.2, 0) is 4.79 Å². The average molecular weight is 384 g/mol. The highest BCUT2D eigenvalue weighted by atomic mass is 16.6. The van der Waals surface area contributed by atoms with Crippen molar-refractivity contribution in [3.8, 4) is 0 Å². The van der Waals surface area contributed by atoms with Gasteiger partial charge in [-0.25, -0.2) is 0 Å². The second kappa shape index (κ2) is 8.98. The van der Waals surface area contributed by atoms with Crippen molar-refractivity contribution in [1.82, 2.24) is 5.32 Å². The summed E-state index contributed by atoms with van der Waals surface area (Å²) in [5.74, 6) is -0.470. The average Bonchev–Trinajstić information content (AvgIpc) is 2.65. The Morgan fingerprint density at radius 3 is 2.25 bits per heavy atom. The number of hydrogen-bond donors (Lipinski definition) is 3. The Kier molecular flexibility index (Phi) is 6.70. The van der Waals surface area contributed by atoms with Gasteiger partial charge in [0.1, 0.15) is 0 Å². The molecule has 8 nitrogen and oxygen atoms in total. The van der Waals surface area contributed by atoms with Crippen LogP contribution >= 0.6 is 0 Å². The van der Waals surface area contributed by atoms with Crippen molar-refractivity contribution < 1.29 is 14.5 Å². The van der Waals surface area contributed by atoms with Gasteiger partial charge >= 0.3 is 0 Å². The second-order valence-corrected chi connectivity index (χ2v) is 7.24. The minimum atomic E-state index is -0.571. The molecule has 0 aliphatic rings. The highest BCUT2D eigenvalue weighted by Crippen LogP contribution is 2.20. The maximum atomic E-state index is 12.5. The fourth-order valence-electron chi connectivity index (χ4n) is 2.28. The monoisotopic (exact) mass is 384 g/mol. The van der Waals surface area contributed by atoms with Crippen LogP contribution in [0, 0.1) is 15.5 Å². The van der Waals surface area contributed by atoms with Crippen LogP contribution in [0.5, 0.6) is 0 Å². The van der Waals surface area contributed by atoms with E-state index in [-0.39, 0.29) is 17.5 Å². The minimum absolute atomic E-state index is 0.0211. The predicted molar refractivity (Wildman–Crippen MR) is 108 cm³/mol. The number of nitro benzene ring substituents is 1. The number of amides is 2. The summed E-state index contributed by atoms with van der Waals surface area (Å²) in [7, 11) is 0. The topological polar surface area (TPSA) is 113 Å². The predicted octanol–water partition coefficient (Wildman–Crippen LogP) is 3.42. The molecule has 0 saturated carbocycles. The maximum Gasteiger partial charge on any atom is 0.269 e. The number of carbonyl (C=O) groups is 2. The van der Waals surface area contributed by atoms with Gasteiger partial charge in [-0.15, -0.1) is 0 Å². The smallest absolute Gasteiger partial charge is 0.269 e. The minimum Gasteiger partial charge on any atom is -0.383 e. The summed E-state index contributed by atoms with van der Waals surface area (Å²) >= 11 is 0. The first-order chi connectivity index (χ1) is 13.2. The summed E-state index contributed by atoms with van der Waals surface area (Å²) in [6, 6.07) is 12.9. The van der Waals surface area contributed by atoms with Crippen LogP contribution in [0.15, 0.2) is 48.5 Å². The molecule has 148 valence electrons. The highest BCUT2D eigenvalue weighted by molar-refractivity contribution is 6.04. The summed E-state index contributed by atoms with van der Waals surface area (Å²) in [5, 5.41) is 19.3. The Balaban J connectivity index is 1.89. The number of hydrogen-bond acceptors (Lipinski definition) is 5. The van der Waals surface area contributed by atoms with E-state index < -0.39 is 10.3 Å². The standard InChI is InChI=1S/C20H24N4O4/c1-20(2,3)19(26)23-17-7-5-4-6-16(17)18(25)22-13-12-21-14-8-10-15(11-9-14)24(27)28/h4-11,21H,12-13H2,1-3H3,(H,22,25)(H,23,26). The molecule has 2 amide bonds. The number of anilines is 2. The molecule has 0 radical (unpaired) electrons. The molecule has 0 fully saturated rings. The van der Waals surface area contributed by atoms with E-state index in [1.54, 1.807) is 57.2 Å². The molecule has 8 heteroatoms. The Morgan fingerprint density at radius 1 is 1.00 bits per heavy atom. The van der Waals surface area contributed by atoms with E-state index in [0.717, 1.165) is 5.69 Å². The summed E-state index contributed by atoms with van der Waals surface area (Å²) < 4.78 is 0. The van der Waals surface area contributed by atoms with Crippen LogP contribution < -0.4 is 16.0 Å². The second-order valence-electron chi connectivity index (χ2n) is 7.24. The molecule has 2 aromatic rings. The Morgan fingerprint density at radius 2 is 1.64 bits per heavy atom. The molecule has 0 unspecified atom stereocenters. The Labute approximate surface area is 163 Å². The molecular weight excluding hydrogens is 360 g/mol. The largest absolute Gasteiger partial charge is 0.383 e. The van der Waals surface area contributed by atoms with Gasteiger partial charge in [0.05, 0.1) is 16.2 Å². The molecule has 0 aliphatic carbocycles. The zero-order valence-corrected chi connectivity index (χ0v) is 16.1. The lowest BCUT2D eigenvalue weighted by molar-refractivity contribution is -0.384. The van der Waals surface area contributed by atoms with E-state index in [1.165, 1.54) is 12.1 Å². The number of rotatable bonds is 7. The molecule has 2 rings (SSSR count). The molecule has 0 spiro atoms. The van der Waals surface area contributed by atoms with Gasteiger partial charge < -0.3 is 16.0 Å². The van der Waals surface area contributed by atoms with Crippen LogP contribution in [0.1, 0.15) is 31.1 Å². The van der Waals surface area contributed by atoms with E-state index in [2.05, 4.69) is 16.0 Å². The van der Waals surface area contributed by atoms with Gasteiger partial charge in [-0.05, 0) is 24.3 Å². The fraction of sp³-hybridized carbons (Fsp3) is 0.300. The number of nitro groups is 1. The molecule has 2 aromatic carbocycles. The van der Waals surface area contributed by atoms with Crippen LogP contribution in [0.3, 0.4) is 0 Å². The third-order valence-corrected chi connectivity index (χ3v) is 3.92. The Hall–Kier alpha value is -3.42. The summed E-state index contributed by atoms with van der Waals surface area (Å²) in [6.45, 7) is 6.19. The SMILES string of the molecule is CC(C)(C)C(=O)Nc1ccccc1C(=O)NCCNc1ccc([N+](=O)[O-])cc1. The zero-order valence-electron chi connectivity index (χ0n) is 16.1. The zero-order chi connectivity index (χ0) is 20.7. The first kappa shape index (κ1) is 20.9. The lowest BCUT2D eigenvalue weighted by atomic mass is 9.95. The van der Waals surface area contributed by atoms with Crippen molar-refractivity contribution in [2.45, 2.75) is 20.8 Å². The molecule has 0 atom stereocenters. The van der Waals surface area contributed by atoms with Crippen LogP contribution in [0.25, 0.3) is 0 Å². The number of benzene rings is 2. The quantitative estimate of drug-likeness (QED) is 0.384. The first-order valence-corrected chi connectivity index (χ1v) is 8.85. The van der Waals surface area contributed by atoms with E-state index in [0.29, 0.717) is 24.3 Å². The maximum absolute atomic E-state index is 12.5.